The van der Waals surface area contributed by atoms with Crippen molar-refractivity contribution in [3.05, 3.63) is 90.0 Å². The normalized spacial score (nSPS) is 11.6. The van der Waals surface area contributed by atoms with Gasteiger partial charge in [-0.05, 0) is 35.4 Å². The highest BCUT2D eigenvalue weighted by atomic mass is 35.5. The predicted molar refractivity (Wildman–Crippen MR) is 117 cm³/mol. The fraction of sp³-hybridized carbons (Fsp3) is 0. The number of hydrogen-bond acceptors (Lipinski definition) is 3. The molecule has 3 nitrogen and oxygen atoms in total. The van der Waals surface area contributed by atoms with Crippen LogP contribution in [0, 0.1) is 0 Å². The molecule has 6 rings (SSSR count). The lowest BCUT2D eigenvalue weighted by Gasteiger charge is -2.02. The van der Waals surface area contributed by atoms with Crippen molar-refractivity contribution < 1.29 is 8.83 Å². The lowest BCUT2D eigenvalue weighted by Crippen LogP contribution is -1.80. The first kappa shape index (κ1) is 16.4. The van der Waals surface area contributed by atoms with Gasteiger partial charge in [-0.3, -0.25) is 0 Å². The number of para-hydroxylation sites is 1. The third kappa shape index (κ3) is 2.55. The van der Waals surface area contributed by atoms with Crippen LogP contribution in [0.1, 0.15) is 0 Å². The van der Waals surface area contributed by atoms with Gasteiger partial charge < -0.3 is 8.83 Å². The van der Waals surface area contributed by atoms with Gasteiger partial charge in [-0.1, -0.05) is 72.3 Å². The van der Waals surface area contributed by atoms with E-state index in [4.69, 9.17) is 20.4 Å². The number of fused-ring (bicyclic) bond motifs is 4. The minimum atomic E-state index is 0.476. The highest BCUT2D eigenvalue weighted by Gasteiger charge is 2.18. The Labute approximate surface area is 171 Å². The Morgan fingerprint density at radius 3 is 2.14 bits per heavy atom. The average Bonchev–Trinajstić information content (AvgIpc) is 3.37. The average molecular weight is 396 g/mol. The van der Waals surface area contributed by atoms with Crippen molar-refractivity contribution in [1.29, 1.82) is 0 Å². The molecule has 138 valence electrons. The van der Waals surface area contributed by atoms with Crippen molar-refractivity contribution in [2.45, 2.75) is 0 Å². The largest absolute Gasteiger partial charge is 0.454 e. The van der Waals surface area contributed by atoms with Crippen LogP contribution in [0.25, 0.3) is 55.6 Å². The first-order valence-corrected chi connectivity index (χ1v) is 9.72. The number of hydrogen-bond donors (Lipinski definition) is 0. The Hall–Kier alpha value is -3.56. The summed E-state index contributed by atoms with van der Waals surface area (Å²) < 4.78 is 12.0. The van der Waals surface area contributed by atoms with Gasteiger partial charge in [-0.2, -0.15) is 0 Å². The molecule has 0 radical (unpaired) electrons. The van der Waals surface area contributed by atoms with E-state index in [0.717, 1.165) is 27.5 Å². The zero-order valence-corrected chi connectivity index (χ0v) is 16.0. The summed E-state index contributed by atoms with van der Waals surface area (Å²) in [5.41, 5.74) is 5.92. The minimum absolute atomic E-state index is 0.476. The molecule has 0 bridgehead atoms. The molecule has 29 heavy (non-hydrogen) atoms. The van der Waals surface area contributed by atoms with E-state index in [1.54, 1.807) is 0 Å². The summed E-state index contributed by atoms with van der Waals surface area (Å²) in [5.74, 6) is 0.540. The van der Waals surface area contributed by atoms with Crippen LogP contribution < -0.4 is 0 Å². The molecule has 0 amide bonds. The van der Waals surface area contributed by atoms with Crippen molar-refractivity contribution in [3.63, 3.8) is 0 Å². The molecule has 2 heterocycles. The lowest BCUT2D eigenvalue weighted by molar-refractivity contribution is 0.620. The summed E-state index contributed by atoms with van der Waals surface area (Å²) in [6.07, 6.45) is 0. The predicted octanol–water partition coefficient (Wildman–Crippen LogP) is 7.71. The molecule has 0 unspecified atom stereocenters. The van der Waals surface area contributed by atoms with Crippen LogP contribution in [0.4, 0.5) is 0 Å². The SMILES string of the molecule is Clc1c2nc(-c3ccc(-c4ccccc4)cc3)oc2cc2c1oc1ccccc12. The number of halogens is 1. The van der Waals surface area contributed by atoms with E-state index in [0.29, 0.717) is 27.6 Å². The number of rotatable bonds is 2. The smallest absolute Gasteiger partial charge is 0.227 e. The van der Waals surface area contributed by atoms with E-state index in [1.807, 2.05) is 60.7 Å². The fourth-order valence-corrected chi connectivity index (χ4v) is 4.03. The zero-order valence-electron chi connectivity index (χ0n) is 15.2. The summed E-state index contributed by atoms with van der Waals surface area (Å²) >= 11 is 6.64. The van der Waals surface area contributed by atoms with Gasteiger partial charge in [0.25, 0.3) is 0 Å². The van der Waals surface area contributed by atoms with Gasteiger partial charge in [0.1, 0.15) is 16.1 Å². The second-order valence-electron chi connectivity index (χ2n) is 6.97. The van der Waals surface area contributed by atoms with Crippen LogP contribution >= 0.6 is 11.6 Å². The van der Waals surface area contributed by atoms with Gasteiger partial charge >= 0.3 is 0 Å². The van der Waals surface area contributed by atoms with Crippen molar-refractivity contribution >= 4 is 44.6 Å². The second-order valence-corrected chi connectivity index (χ2v) is 7.35. The van der Waals surface area contributed by atoms with Crippen LogP contribution in [0.2, 0.25) is 5.02 Å². The highest BCUT2D eigenvalue weighted by molar-refractivity contribution is 6.40. The van der Waals surface area contributed by atoms with E-state index in [9.17, 15) is 0 Å². The van der Waals surface area contributed by atoms with Crippen molar-refractivity contribution in [2.24, 2.45) is 0 Å². The van der Waals surface area contributed by atoms with Gasteiger partial charge in [0.05, 0.1) is 0 Å². The lowest BCUT2D eigenvalue weighted by atomic mass is 10.0. The molecule has 0 fully saturated rings. The van der Waals surface area contributed by atoms with E-state index >= 15 is 0 Å². The maximum Gasteiger partial charge on any atom is 0.227 e. The molecule has 0 aliphatic rings. The molecular weight excluding hydrogens is 382 g/mol. The molecule has 4 aromatic carbocycles. The molecule has 0 N–H and O–H groups in total. The van der Waals surface area contributed by atoms with Crippen LogP contribution in [-0.2, 0) is 0 Å². The number of benzene rings is 4. The summed E-state index contributed by atoms with van der Waals surface area (Å²) in [6.45, 7) is 0. The molecule has 0 saturated heterocycles. The topological polar surface area (TPSA) is 39.2 Å². The maximum absolute atomic E-state index is 6.64. The molecule has 4 heteroatoms. The van der Waals surface area contributed by atoms with Crippen LogP contribution in [0.15, 0.2) is 93.8 Å². The number of furan rings is 1. The van der Waals surface area contributed by atoms with Gasteiger partial charge in [-0.25, -0.2) is 4.98 Å². The van der Waals surface area contributed by atoms with E-state index in [2.05, 4.69) is 29.2 Å². The Kier molecular flexibility index (Phi) is 3.52. The summed E-state index contributed by atoms with van der Waals surface area (Å²) in [7, 11) is 0. The number of oxazole rings is 1. The van der Waals surface area contributed by atoms with Crippen molar-refractivity contribution in [3.8, 4) is 22.6 Å². The van der Waals surface area contributed by atoms with Gasteiger partial charge in [0, 0.05) is 16.3 Å². The van der Waals surface area contributed by atoms with Crippen molar-refractivity contribution in [2.75, 3.05) is 0 Å². The van der Waals surface area contributed by atoms with E-state index in [1.165, 1.54) is 5.56 Å². The molecule has 0 aliphatic heterocycles. The van der Waals surface area contributed by atoms with Crippen LogP contribution in [-0.4, -0.2) is 4.98 Å². The Morgan fingerprint density at radius 2 is 1.31 bits per heavy atom. The fourth-order valence-electron chi connectivity index (χ4n) is 3.76. The molecule has 0 atom stereocenters. The van der Waals surface area contributed by atoms with E-state index < -0.39 is 0 Å². The summed E-state index contributed by atoms with van der Waals surface area (Å²) in [6, 6.07) is 28.3. The van der Waals surface area contributed by atoms with Gasteiger partial charge in [-0.15, -0.1) is 0 Å². The molecular formula is C25H14ClNO2. The third-order valence-corrected chi connectivity index (χ3v) is 5.56. The van der Waals surface area contributed by atoms with Crippen LogP contribution in [0.5, 0.6) is 0 Å². The first-order valence-electron chi connectivity index (χ1n) is 9.34. The number of nitrogens with zero attached hydrogens (tertiary/aromatic N) is 1. The second kappa shape index (κ2) is 6.23. The minimum Gasteiger partial charge on any atom is -0.454 e. The molecule has 0 saturated carbocycles. The first-order chi connectivity index (χ1) is 14.3. The third-order valence-electron chi connectivity index (χ3n) is 5.21. The monoisotopic (exact) mass is 395 g/mol. The van der Waals surface area contributed by atoms with Gasteiger partial charge in [0.2, 0.25) is 5.89 Å². The quantitative estimate of drug-likeness (QED) is 0.301. The highest BCUT2D eigenvalue weighted by Crippen LogP contribution is 2.39. The summed E-state index contributed by atoms with van der Waals surface area (Å²) in [4.78, 5) is 4.65. The summed E-state index contributed by atoms with van der Waals surface area (Å²) in [5, 5.41) is 2.42. The molecule has 6 aromatic rings. The Balaban J connectivity index is 1.49. The van der Waals surface area contributed by atoms with Crippen LogP contribution in [0.3, 0.4) is 0 Å². The standard InChI is InChI=1S/C25H14ClNO2/c26-22-23-21(14-19-18-8-4-5-9-20(18)28-24(19)22)29-25(27-23)17-12-10-16(11-13-17)15-6-2-1-3-7-15/h1-14H. The zero-order chi connectivity index (χ0) is 19.4. The van der Waals surface area contributed by atoms with Gasteiger partial charge in [0.15, 0.2) is 11.2 Å². The van der Waals surface area contributed by atoms with E-state index in [-0.39, 0.29) is 0 Å². The Bertz CT molecular complexity index is 1500. The van der Waals surface area contributed by atoms with Crippen molar-refractivity contribution in [1.82, 2.24) is 4.98 Å². The molecule has 0 spiro atoms. The molecule has 2 aromatic heterocycles. The maximum atomic E-state index is 6.64. The number of aromatic nitrogens is 1. The Morgan fingerprint density at radius 1 is 0.621 bits per heavy atom. The molecule has 0 aliphatic carbocycles.